The summed E-state index contributed by atoms with van der Waals surface area (Å²) in [6.07, 6.45) is 2.17. The maximum absolute atomic E-state index is 11.3. The van der Waals surface area contributed by atoms with Crippen molar-refractivity contribution in [1.82, 2.24) is 11.1 Å². The SMILES string of the molecule is C=CC(=O)N(CCl)C(C)(C)CC.N. The lowest BCUT2D eigenvalue weighted by Crippen LogP contribution is -2.45. The van der Waals surface area contributed by atoms with Crippen LogP contribution in [0.1, 0.15) is 27.2 Å². The maximum atomic E-state index is 11.3. The zero-order valence-electron chi connectivity index (χ0n) is 8.64. The van der Waals surface area contributed by atoms with E-state index in [1.807, 2.05) is 20.8 Å². The second kappa shape index (κ2) is 6.00. The molecule has 78 valence electrons. The molecule has 0 saturated heterocycles. The van der Waals surface area contributed by atoms with Gasteiger partial charge < -0.3 is 11.1 Å². The van der Waals surface area contributed by atoms with Crippen LogP contribution in [0.2, 0.25) is 0 Å². The number of rotatable bonds is 4. The molecule has 4 heteroatoms. The van der Waals surface area contributed by atoms with Crippen LogP contribution in [0.25, 0.3) is 0 Å². The first-order chi connectivity index (χ1) is 5.49. The third-order valence-corrected chi connectivity index (χ3v) is 2.40. The van der Waals surface area contributed by atoms with E-state index >= 15 is 0 Å². The summed E-state index contributed by atoms with van der Waals surface area (Å²) in [5, 5.41) is 0. The highest BCUT2D eigenvalue weighted by atomic mass is 35.5. The molecule has 3 nitrogen and oxygen atoms in total. The third kappa shape index (κ3) is 3.79. The number of hydrogen-bond donors (Lipinski definition) is 1. The van der Waals surface area contributed by atoms with Gasteiger partial charge in [0.2, 0.25) is 5.91 Å². The quantitative estimate of drug-likeness (QED) is 0.437. The molecule has 0 atom stereocenters. The Bertz CT molecular complexity index is 180. The van der Waals surface area contributed by atoms with E-state index in [9.17, 15) is 4.79 Å². The molecule has 0 bridgehead atoms. The number of amides is 1. The lowest BCUT2D eigenvalue weighted by Gasteiger charge is -2.35. The number of carbonyl (C=O) groups excluding carboxylic acids is 1. The van der Waals surface area contributed by atoms with Crippen molar-refractivity contribution in [2.75, 3.05) is 6.00 Å². The minimum Gasteiger partial charge on any atom is -0.344 e. The molecule has 0 unspecified atom stereocenters. The van der Waals surface area contributed by atoms with E-state index in [-0.39, 0.29) is 23.6 Å². The van der Waals surface area contributed by atoms with Crippen molar-refractivity contribution in [2.24, 2.45) is 0 Å². The van der Waals surface area contributed by atoms with E-state index in [0.717, 1.165) is 6.42 Å². The lowest BCUT2D eigenvalue weighted by atomic mass is 10.00. The molecule has 0 aliphatic heterocycles. The lowest BCUT2D eigenvalue weighted by molar-refractivity contribution is -0.130. The van der Waals surface area contributed by atoms with E-state index in [1.165, 1.54) is 6.08 Å². The van der Waals surface area contributed by atoms with Gasteiger partial charge in [-0.3, -0.25) is 4.79 Å². The molecule has 0 heterocycles. The smallest absolute Gasteiger partial charge is 0.247 e. The molecular formula is C9H19ClN2O. The molecule has 13 heavy (non-hydrogen) atoms. The Labute approximate surface area is 85.3 Å². The van der Waals surface area contributed by atoms with Crippen LogP contribution in [0, 0.1) is 0 Å². The van der Waals surface area contributed by atoms with Gasteiger partial charge >= 0.3 is 0 Å². The van der Waals surface area contributed by atoms with Crippen molar-refractivity contribution in [3.05, 3.63) is 12.7 Å². The molecule has 0 aromatic heterocycles. The summed E-state index contributed by atoms with van der Waals surface area (Å²) in [7, 11) is 0. The highest BCUT2D eigenvalue weighted by Gasteiger charge is 2.26. The Balaban J connectivity index is 0. The van der Waals surface area contributed by atoms with Crippen molar-refractivity contribution in [3.63, 3.8) is 0 Å². The summed E-state index contributed by atoms with van der Waals surface area (Å²) in [6.45, 7) is 9.42. The fraction of sp³-hybridized carbons (Fsp3) is 0.667. The molecular weight excluding hydrogens is 188 g/mol. The molecule has 0 aliphatic carbocycles. The second-order valence-corrected chi connectivity index (χ2v) is 3.49. The van der Waals surface area contributed by atoms with Crippen LogP contribution >= 0.6 is 11.6 Å². The van der Waals surface area contributed by atoms with Crippen LogP contribution in [0.3, 0.4) is 0 Å². The summed E-state index contributed by atoms with van der Waals surface area (Å²) in [4.78, 5) is 12.9. The van der Waals surface area contributed by atoms with Crippen LogP contribution in [0.15, 0.2) is 12.7 Å². The molecule has 3 N–H and O–H groups in total. The van der Waals surface area contributed by atoms with E-state index in [2.05, 4.69) is 6.58 Å². The molecule has 0 saturated carbocycles. The van der Waals surface area contributed by atoms with Crippen molar-refractivity contribution in [3.8, 4) is 0 Å². The molecule has 0 rings (SSSR count). The van der Waals surface area contributed by atoms with Gasteiger partial charge in [0.1, 0.15) is 0 Å². The van der Waals surface area contributed by atoms with E-state index in [0.29, 0.717) is 0 Å². The number of alkyl halides is 1. The zero-order chi connectivity index (χ0) is 9.78. The van der Waals surface area contributed by atoms with Gasteiger partial charge in [0.15, 0.2) is 0 Å². The summed E-state index contributed by atoms with van der Waals surface area (Å²) < 4.78 is 0. The average Bonchev–Trinajstić information content (AvgIpc) is 2.05. The largest absolute Gasteiger partial charge is 0.344 e. The molecule has 0 aromatic carbocycles. The average molecular weight is 207 g/mol. The number of nitrogens with zero attached hydrogens (tertiary/aromatic N) is 1. The van der Waals surface area contributed by atoms with Crippen molar-refractivity contribution in [2.45, 2.75) is 32.7 Å². The van der Waals surface area contributed by atoms with E-state index < -0.39 is 0 Å². The maximum Gasteiger partial charge on any atom is 0.247 e. The minimum atomic E-state index is -0.187. The van der Waals surface area contributed by atoms with E-state index in [1.54, 1.807) is 4.90 Å². The Morgan fingerprint density at radius 2 is 2.08 bits per heavy atom. The van der Waals surface area contributed by atoms with Crippen LogP contribution in [-0.2, 0) is 4.79 Å². The fourth-order valence-corrected chi connectivity index (χ4v) is 1.26. The summed E-state index contributed by atoms with van der Waals surface area (Å²) in [6, 6.07) is 0.214. The molecule has 0 radical (unpaired) electrons. The number of carbonyl (C=O) groups is 1. The highest BCUT2D eigenvalue weighted by Crippen LogP contribution is 2.19. The van der Waals surface area contributed by atoms with Crippen molar-refractivity contribution >= 4 is 17.5 Å². The first-order valence-electron chi connectivity index (χ1n) is 3.99. The summed E-state index contributed by atoms with van der Waals surface area (Å²) in [5.74, 6) is -0.114. The monoisotopic (exact) mass is 206 g/mol. The second-order valence-electron chi connectivity index (χ2n) is 3.26. The van der Waals surface area contributed by atoms with Gasteiger partial charge in [-0.25, -0.2) is 0 Å². The molecule has 0 fully saturated rings. The van der Waals surface area contributed by atoms with Gasteiger partial charge in [-0.05, 0) is 26.3 Å². The van der Waals surface area contributed by atoms with Gasteiger partial charge in [-0.15, -0.1) is 11.6 Å². The Hall–Kier alpha value is -0.540. The van der Waals surface area contributed by atoms with Crippen molar-refractivity contribution in [1.29, 1.82) is 0 Å². The first kappa shape index (κ1) is 15.0. The van der Waals surface area contributed by atoms with Crippen LogP contribution in [0.4, 0.5) is 0 Å². The van der Waals surface area contributed by atoms with Crippen LogP contribution in [0.5, 0.6) is 0 Å². The third-order valence-electron chi connectivity index (χ3n) is 2.16. The van der Waals surface area contributed by atoms with Gasteiger partial charge in [0.25, 0.3) is 0 Å². The zero-order valence-corrected chi connectivity index (χ0v) is 9.40. The fourth-order valence-electron chi connectivity index (χ4n) is 0.820. The van der Waals surface area contributed by atoms with Gasteiger partial charge in [0.05, 0.1) is 6.00 Å². The Morgan fingerprint density at radius 3 is 2.31 bits per heavy atom. The molecule has 0 aliphatic rings. The predicted octanol–water partition coefficient (Wildman–Crippen LogP) is 2.55. The van der Waals surface area contributed by atoms with Crippen LogP contribution < -0.4 is 6.15 Å². The van der Waals surface area contributed by atoms with Crippen LogP contribution in [-0.4, -0.2) is 22.3 Å². The van der Waals surface area contributed by atoms with Crippen molar-refractivity contribution < 1.29 is 4.79 Å². The summed E-state index contributed by atoms with van der Waals surface area (Å²) >= 11 is 5.66. The highest BCUT2D eigenvalue weighted by molar-refractivity contribution is 6.18. The van der Waals surface area contributed by atoms with Gasteiger partial charge in [0, 0.05) is 5.54 Å². The van der Waals surface area contributed by atoms with Gasteiger partial charge in [-0.1, -0.05) is 13.5 Å². The minimum absolute atomic E-state index is 0. The molecule has 0 spiro atoms. The normalized spacial score (nSPS) is 10.2. The van der Waals surface area contributed by atoms with E-state index in [4.69, 9.17) is 11.6 Å². The Kier molecular flexibility index (Phi) is 6.90. The number of halogens is 1. The Morgan fingerprint density at radius 1 is 1.62 bits per heavy atom. The predicted molar refractivity (Wildman–Crippen MR) is 57.2 cm³/mol. The van der Waals surface area contributed by atoms with Gasteiger partial charge in [-0.2, -0.15) is 0 Å². The standard InChI is InChI=1S/C9H16ClNO.H3N/c1-5-8(12)11(7-10)9(3,4)6-2;/h5H,1,6-7H2,2-4H3;1H3. The molecule has 0 aromatic rings. The number of hydrogen-bond acceptors (Lipinski definition) is 2. The topological polar surface area (TPSA) is 55.3 Å². The first-order valence-corrected chi connectivity index (χ1v) is 4.53. The molecule has 1 amide bonds. The summed E-state index contributed by atoms with van der Waals surface area (Å²) in [5.41, 5.74) is -0.187.